The fourth-order valence-electron chi connectivity index (χ4n) is 1.46. The summed E-state index contributed by atoms with van der Waals surface area (Å²) >= 11 is 0. The molecule has 0 saturated heterocycles. The van der Waals surface area contributed by atoms with Crippen molar-refractivity contribution in [3.05, 3.63) is 30.5 Å². The third kappa shape index (κ3) is 2.65. The van der Waals surface area contributed by atoms with Gasteiger partial charge in [-0.1, -0.05) is 12.1 Å². The zero-order valence-electron chi connectivity index (χ0n) is 10.1. The Morgan fingerprint density at radius 2 is 2.28 bits per heavy atom. The van der Waals surface area contributed by atoms with E-state index in [1.54, 1.807) is 31.4 Å². The third-order valence-corrected chi connectivity index (χ3v) is 2.39. The van der Waals surface area contributed by atoms with E-state index in [1.165, 1.54) is 11.7 Å². The van der Waals surface area contributed by atoms with E-state index in [-0.39, 0.29) is 0 Å². The van der Waals surface area contributed by atoms with Gasteiger partial charge in [-0.2, -0.15) is 15.0 Å². The van der Waals surface area contributed by atoms with E-state index in [1.807, 2.05) is 6.07 Å². The molecule has 18 heavy (non-hydrogen) atoms. The minimum Gasteiger partial charge on any atom is -0.479 e. The van der Waals surface area contributed by atoms with Crippen LogP contribution in [0.2, 0.25) is 0 Å². The number of carboxylic acid groups (broad SMARTS) is 1. The van der Waals surface area contributed by atoms with Gasteiger partial charge in [0.05, 0.1) is 6.20 Å². The van der Waals surface area contributed by atoms with Crippen LogP contribution in [0.15, 0.2) is 30.5 Å². The molecule has 0 fully saturated rings. The van der Waals surface area contributed by atoms with Crippen molar-refractivity contribution in [2.24, 2.45) is 7.05 Å². The van der Waals surface area contributed by atoms with Crippen LogP contribution in [0.3, 0.4) is 0 Å². The van der Waals surface area contributed by atoms with Gasteiger partial charge in [0, 0.05) is 12.6 Å². The van der Waals surface area contributed by atoms with Crippen molar-refractivity contribution in [3.63, 3.8) is 0 Å². The largest absolute Gasteiger partial charge is 0.479 e. The number of rotatable bonds is 4. The SMILES string of the molecule is CC(Oc1cccc(-c2cnn(C)n2)c1)C(=O)O. The zero-order valence-corrected chi connectivity index (χ0v) is 10.1. The second kappa shape index (κ2) is 4.87. The molecule has 1 atom stereocenters. The number of aromatic nitrogens is 3. The lowest BCUT2D eigenvalue weighted by molar-refractivity contribution is -0.144. The number of nitrogens with zero attached hydrogens (tertiary/aromatic N) is 3. The highest BCUT2D eigenvalue weighted by Gasteiger charge is 2.13. The Kier molecular flexibility index (Phi) is 3.27. The predicted molar refractivity (Wildman–Crippen MR) is 64.2 cm³/mol. The molecule has 6 heteroatoms. The van der Waals surface area contributed by atoms with Crippen molar-refractivity contribution >= 4 is 5.97 Å². The van der Waals surface area contributed by atoms with E-state index >= 15 is 0 Å². The minimum absolute atomic E-state index is 0.494. The Morgan fingerprint density at radius 1 is 1.50 bits per heavy atom. The van der Waals surface area contributed by atoms with Gasteiger partial charge in [-0.25, -0.2) is 4.79 Å². The van der Waals surface area contributed by atoms with Gasteiger partial charge in [-0.3, -0.25) is 0 Å². The summed E-state index contributed by atoms with van der Waals surface area (Å²) in [7, 11) is 1.73. The van der Waals surface area contributed by atoms with Crippen LogP contribution < -0.4 is 4.74 Å². The first-order valence-electron chi connectivity index (χ1n) is 5.42. The van der Waals surface area contributed by atoms with Gasteiger partial charge in [0.1, 0.15) is 11.4 Å². The summed E-state index contributed by atoms with van der Waals surface area (Å²) in [6.07, 6.45) is 0.752. The van der Waals surface area contributed by atoms with Gasteiger partial charge in [0.2, 0.25) is 0 Å². The maximum Gasteiger partial charge on any atom is 0.344 e. The van der Waals surface area contributed by atoms with Crippen molar-refractivity contribution in [2.45, 2.75) is 13.0 Å². The average molecular weight is 247 g/mol. The van der Waals surface area contributed by atoms with E-state index in [0.717, 1.165) is 5.56 Å². The number of aryl methyl sites for hydroxylation is 1. The van der Waals surface area contributed by atoms with Gasteiger partial charge in [-0.15, -0.1) is 0 Å². The number of carbonyl (C=O) groups is 1. The van der Waals surface area contributed by atoms with Crippen LogP contribution >= 0.6 is 0 Å². The number of hydrogen-bond acceptors (Lipinski definition) is 4. The fraction of sp³-hybridized carbons (Fsp3) is 0.250. The topological polar surface area (TPSA) is 77.2 Å². The van der Waals surface area contributed by atoms with Gasteiger partial charge in [0.25, 0.3) is 0 Å². The van der Waals surface area contributed by atoms with Crippen molar-refractivity contribution in [2.75, 3.05) is 0 Å². The predicted octanol–water partition coefficient (Wildman–Crippen LogP) is 1.33. The number of hydrogen-bond donors (Lipinski definition) is 1. The van der Waals surface area contributed by atoms with Crippen molar-refractivity contribution in [3.8, 4) is 17.0 Å². The summed E-state index contributed by atoms with van der Waals surface area (Å²) in [6, 6.07) is 7.10. The van der Waals surface area contributed by atoms with Gasteiger partial charge in [-0.05, 0) is 19.1 Å². The second-order valence-electron chi connectivity index (χ2n) is 3.85. The summed E-state index contributed by atoms with van der Waals surface area (Å²) < 4.78 is 5.29. The molecule has 1 aromatic heterocycles. The van der Waals surface area contributed by atoms with Crippen LogP contribution in [0, 0.1) is 0 Å². The number of benzene rings is 1. The molecule has 0 saturated carbocycles. The quantitative estimate of drug-likeness (QED) is 0.882. The maximum atomic E-state index is 10.7. The Bertz CT molecular complexity index is 565. The molecule has 94 valence electrons. The van der Waals surface area contributed by atoms with E-state index < -0.39 is 12.1 Å². The normalized spacial score (nSPS) is 12.1. The van der Waals surface area contributed by atoms with E-state index in [2.05, 4.69) is 10.2 Å². The zero-order chi connectivity index (χ0) is 13.1. The molecular weight excluding hydrogens is 234 g/mol. The summed E-state index contributed by atoms with van der Waals surface area (Å²) in [6.45, 7) is 1.48. The third-order valence-electron chi connectivity index (χ3n) is 2.39. The standard InChI is InChI=1S/C12H13N3O3/c1-8(12(16)17)18-10-5-3-4-9(6-10)11-7-13-15(2)14-11/h3-8H,1-2H3,(H,16,17). The van der Waals surface area contributed by atoms with E-state index in [0.29, 0.717) is 11.4 Å². The van der Waals surface area contributed by atoms with Crippen molar-refractivity contribution in [1.29, 1.82) is 0 Å². The minimum atomic E-state index is -1.00. The second-order valence-corrected chi connectivity index (χ2v) is 3.85. The lowest BCUT2D eigenvalue weighted by Crippen LogP contribution is -2.22. The molecule has 0 radical (unpaired) electrons. The molecule has 0 spiro atoms. The van der Waals surface area contributed by atoms with E-state index in [9.17, 15) is 4.79 Å². The lowest BCUT2D eigenvalue weighted by Gasteiger charge is -2.10. The van der Waals surface area contributed by atoms with Crippen LogP contribution in [0.5, 0.6) is 5.75 Å². The summed E-state index contributed by atoms with van der Waals surface area (Å²) in [5, 5.41) is 16.9. The lowest BCUT2D eigenvalue weighted by atomic mass is 10.1. The smallest absolute Gasteiger partial charge is 0.344 e. The molecule has 1 N–H and O–H groups in total. The van der Waals surface area contributed by atoms with Crippen LogP contribution in [0.25, 0.3) is 11.3 Å². The molecule has 1 heterocycles. The fourth-order valence-corrected chi connectivity index (χ4v) is 1.46. The Hall–Kier alpha value is -2.37. The number of aliphatic carboxylic acids is 1. The van der Waals surface area contributed by atoms with Crippen molar-refractivity contribution < 1.29 is 14.6 Å². The molecule has 0 amide bonds. The Balaban J connectivity index is 2.22. The molecule has 0 aliphatic rings. The number of carboxylic acids is 1. The molecule has 1 aromatic carbocycles. The van der Waals surface area contributed by atoms with Gasteiger partial charge < -0.3 is 9.84 Å². The van der Waals surface area contributed by atoms with Crippen molar-refractivity contribution in [1.82, 2.24) is 15.0 Å². The highest BCUT2D eigenvalue weighted by atomic mass is 16.5. The van der Waals surface area contributed by atoms with Crippen LogP contribution in [-0.2, 0) is 11.8 Å². The Labute approximate surface area is 104 Å². The van der Waals surface area contributed by atoms with Crippen LogP contribution in [0.4, 0.5) is 0 Å². The summed E-state index contributed by atoms with van der Waals surface area (Å²) in [4.78, 5) is 12.2. The highest BCUT2D eigenvalue weighted by Crippen LogP contribution is 2.22. The van der Waals surface area contributed by atoms with Gasteiger partial charge in [0.15, 0.2) is 6.10 Å². The van der Waals surface area contributed by atoms with Gasteiger partial charge >= 0.3 is 5.97 Å². The molecular formula is C12H13N3O3. The highest BCUT2D eigenvalue weighted by molar-refractivity contribution is 5.72. The summed E-state index contributed by atoms with van der Waals surface area (Å²) in [5.74, 6) is -0.507. The first-order valence-corrected chi connectivity index (χ1v) is 5.42. The number of ether oxygens (including phenoxy) is 1. The average Bonchev–Trinajstić information content (AvgIpc) is 2.76. The Morgan fingerprint density at radius 3 is 2.89 bits per heavy atom. The summed E-state index contributed by atoms with van der Waals surface area (Å²) in [5.41, 5.74) is 1.55. The molecule has 0 bridgehead atoms. The molecule has 2 rings (SSSR count). The molecule has 0 aliphatic heterocycles. The first-order chi connectivity index (χ1) is 8.56. The van der Waals surface area contributed by atoms with Crippen LogP contribution in [0.1, 0.15) is 6.92 Å². The monoisotopic (exact) mass is 247 g/mol. The maximum absolute atomic E-state index is 10.7. The molecule has 1 unspecified atom stereocenters. The molecule has 6 nitrogen and oxygen atoms in total. The molecule has 0 aliphatic carbocycles. The van der Waals surface area contributed by atoms with Crippen LogP contribution in [-0.4, -0.2) is 32.2 Å². The first kappa shape index (κ1) is 12.1. The molecule has 2 aromatic rings. The van der Waals surface area contributed by atoms with E-state index in [4.69, 9.17) is 9.84 Å².